The molecule has 7 heteroatoms. The van der Waals surface area contributed by atoms with Crippen LogP contribution >= 0.6 is 0 Å². The number of carbonyl (C=O) groups excluding carboxylic acids is 2. The lowest BCUT2D eigenvalue weighted by molar-refractivity contribution is -0.120. The maximum Gasteiger partial charge on any atom is 0.254 e. The zero-order valence-corrected chi connectivity index (χ0v) is 15.5. The number of aromatic nitrogens is 1. The zero-order chi connectivity index (χ0) is 19.1. The largest absolute Gasteiger partial charge is 0.370 e. The first kappa shape index (κ1) is 19.1. The van der Waals surface area contributed by atoms with E-state index >= 15 is 0 Å². The molecule has 27 heavy (non-hydrogen) atoms. The van der Waals surface area contributed by atoms with E-state index in [9.17, 15) is 9.59 Å². The summed E-state index contributed by atoms with van der Waals surface area (Å²) in [5, 5.41) is 8.41. The molecule has 0 bridgehead atoms. The zero-order valence-electron chi connectivity index (χ0n) is 15.5. The Labute approximate surface area is 159 Å². The highest BCUT2D eigenvalue weighted by atomic mass is 16.2. The topological polar surface area (TPSA) is 102 Å². The SMILES string of the molecule is NC(=O)CCn1cc(/C=N\NC(=O)CNC2CCCCC2)c2ccccc21. The van der Waals surface area contributed by atoms with Crippen LogP contribution in [0.5, 0.6) is 0 Å². The molecule has 1 saturated carbocycles. The lowest BCUT2D eigenvalue weighted by Gasteiger charge is -2.22. The molecule has 1 aliphatic rings. The summed E-state index contributed by atoms with van der Waals surface area (Å²) in [6.07, 6.45) is 9.88. The molecule has 0 saturated heterocycles. The average molecular weight is 369 g/mol. The first-order valence-corrected chi connectivity index (χ1v) is 9.55. The van der Waals surface area contributed by atoms with Gasteiger partial charge in [0.2, 0.25) is 5.91 Å². The lowest BCUT2D eigenvalue weighted by Crippen LogP contribution is -2.38. The van der Waals surface area contributed by atoms with Gasteiger partial charge in [0.15, 0.2) is 0 Å². The molecule has 2 amide bonds. The van der Waals surface area contributed by atoms with Crippen LogP contribution in [0, 0.1) is 0 Å². The van der Waals surface area contributed by atoms with Gasteiger partial charge in [-0.25, -0.2) is 5.43 Å². The second-order valence-electron chi connectivity index (χ2n) is 7.02. The van der Waals surface area contributed by atoms with Crippen molar-refractivity contribution in [3.8, 4) is 0 Å². The summed E-state index contributed by atoms with van der Waals surface area (Å²) in [5.74, 6) is -0.477. The predicted octanol–water partition coefficient (Wildman–Crippen LogP) is 1.89. The van der Waals surface area contributed by atoms with Crippen molar-refractivity contribution in [2.45, 2.75) is 51.1 Å². The fourth-order valence-electron chi connectivity index (χ4n) is 3.55. The van der Waals surface area contributed by atoms with E-state index in [2.05, 4.69) is 15.8 Å². The average Bonchev–Trinajstić information content (AvgIpc) is 3.04. The Morgan fingerprint density at radius 1 is 1.22 bits per heavy atom. The van der Waals surface area contributed by atoms with Crippen molar-refractivity contribution in [2.24, 2.45) is 10.8 Å². The monoisotopic (exact) mass is 369 g/mol. The summed E-state index contributed by atoms with van der Waals surface area (Å²) >= 11 is 0. The van der Waals surface area contributed by atoms with Crippen LogP contribution < -0.4 is 16.5 Å². The Morgan fingerprint density at radius 3 is 2.78 bits per heavy atom. The highest BCUT2D eigenvalue weighted by Crippen LogP contribution is 2.20. The molecule has 0 atom stereocenters. The van der Waals surface area contributed by atoms with Crippen molar-refractivity contribution in [1.29, 1.82) is 0 Å². The first-order chi connectivity index (χ1) is 13.1. The van der Waals surface area contributed by atoms with Gasteiger partial charge in [-0.2, -0.15) is 5.10 Å². The van der Waals surface area contributed by atoms with Crippen LogP contribution in [0.4, 0.5) is 0 Å². The Bertz CT molecular complexity index is 821. The van der Waals surface area contributed by atoms with E-state index < -0.39 is 0 Å². The van der Waals surface area contributed by atoms with Crippen LogP contribution in [-0.2, 0) is 16.1 Å². The number of rotatable bonds is 8. The molecule has 7 nitrogen and oxygen atoms in total. The van der Waals surface area contributed by atoms with Crippen molar-refractivity contribution in [1.82, 2.24) is 15.3 Å². The van der Waals surface area contributed by atoms with E-state index in [1.165, 1.54) is 19.3 Å². The van der Waals surface area contributed by atoms with Gasteiger partial charge in [0.25, 0.3) is 5.91 Å². The molecule has 1 aliphatic carbocycles. The van der Waals surface area contributed by atoms with E-state index in [-0.39, 0.29) is 24.8 Å². The summed E-state index contributed by atoms with van der Waals surface area (Å²) in [7, 11) is 0. The third kappa shape index (κ3) is 5.40. The number of primary amides is 1. The maximum atomic E-state index is 12.0. The lowest BCUT2D eigenvalue weighted by atomic mass is 9.95. The van der Waals surface area contributed by atoms with Crippen molar-refractivity contribution in [2.75, 3.05) is 6.54 Å². The standard InChI is InChI=1S/C20H27N5O2/c21-19(26)10-11-25-14-15(17-8-4-5-9-18(17)25)12-23-24-20(27)13-22-16-6-2-1-3-7-16/h4-5,8-9,12,14,16,22H,1-3,6-7,10-11,13H2,(H2,21,26)(H,24,27)/b23-12-. The summed E-state index contributed by atoms with van der Waals surface area (Å²) in [6, 6.07) is 8.31. The van der Waals surface area contributed by atoms with Gasteiger partial charge in [0.1, 0.15) is 0 Å². The number of fused-ring (bicyclic) bond motifs is 1. The minimum atomic E-state index is -0.333. The molecular formula is C20H27N5O2. The molecular weight excluding hydrogens is 342 g/mol. The molecule has 2 aromatic rings. The Hall–Kier alpha value is -2.67. The van der Waals surface area contributed by atoms with Crippen LogP contribution in [0.2, 0.25) is 0 Å². The Morgan fingerprint density at radius 2 is 2.00 bits per heavy atom. The number of nitrogens with two attached hydrogens (primary N) is 1. The fourth-order valence-corrected chi connectivity index (χ4v) is 3.55. The number of hydrogen-bond donors (Lipinski definition) is 3. The number of nitrogens with one attached hydrogen (secondary N) is 2. The molecule has 1 aromatic carbocycles. The summed E-state index contributed by atoms with van der Waals surface area (Å²) < 4.78 is 1.98. The molecule has 0 unspecified atom stereocenters. The van der Waals surface area contributed by atoms with Crippen LogP contribution in [0.1, 0.15) is 44.1 Å². The van der Waals surface area contributed by atoms with Crippen LogP contribution in [0.15, 0.2) is 35.6 Å². The van der Waals surface area contributed by atoms with Crippen LogP contribution in [-0.4, -0.2) is 35.2 Å². The number of para-hydroxylation sites is 1. The van der Waals surface area contributed by atoms with Crippen LogP contribution in [0.25, 0.3) is 10.9 Å². The molecule has 1 aromatic heterocycles. The smallest absolute Gasteiger partial charge is 0.254 e. The molecule has 1 fully saturated rings. The van der Waals surface area contributed by atoms with E-state index in [0.717, 1.165) is 29.3 Å². The van der Waals surface area contributed by atoms with E-state index in [1.807, 2.05) is 35.0 Å². The van der Waals surface area contributed by atoms with Gasteiger partial charge in [-0.1, -0.05) is 37.5 Å². The van der Waals surface area contributed by atoms with E-state index in [1.54, 1.807) is 6.21 Å². The number of carbonyl (C=O) groups is 2. The van der Waals surface area contributed by atoms with Gasteiger partial charge in [-0.3, -0.25) is 9.59 Å². The molecule has 0 spiro atoms. The van der Waals surface area contributed by atoms with E-state index in [4.69, 9.17) is 5.73 Å². The molecule has 0 radical (unpaired) electrons. The number of hydrogen-bond acceptors (Lipinski definition) is 4. The third-order valence-corrected chi connectivity index (χ3v) is 4.97. The number of hydrazone groups is 1. The predicted molar refractivity (Wildman–Crippen MR) is 106 cm³/mol. The second kappa shape index (κ2) is 9.32. The molecule has 144 valence electrons. The maximum absolute atomic E-state index is 12.0. The van der Waals surface area contributed by atoms with Crippen molar-refractivity contribution >= 4 is 28.9 Å². The number of amides is 2. The minimum Gasteiger partial charge on any atom is -0.370 e. The highest BCUT2D eigenvalue weighted by Gasteiger charge is 2.13. The number of benzene rings is 1. The quantitative estimate of drug-likeness (QED) is 0.489. The van der Waals surface area contributed by atoms with Crippen LogP contribution in [0.3, 0.4) is 0 Å². The van der Waals surface area contributed by atoms with Gasteiger partial charge in [0.05, 0.1) is 12.8 Å². The molecule has 4 N–H and O–H groups in total. The van der Waals surface area contributed by atoms with E-state index in [0.29, 0.717) is 12.6 Å². The first-order valence-electron chi connectivity index (χ1n) is 9.55. The van der Waals surface area contributed by atoms with Gasteiger partial charge >= 0.3 is 0 Å². The summed E-state index contributed by atoms with van der Waals surface area (Å²) in [6.45, 7) is 0.795. The molecule has 1 heterocycles. The number of aryl methyl sites for hydroxylation is 1. The molecule has 3 rings (SSSR count). The van der Waals surface area contributed by atoms with Gasteiger partial charge in [-0.15, -0.1) is 0 Å². The van der Waals surface area contributed by atoms with Crippen molar-refractivity contribution in [3.05, 3.63) is 36.0 Å². The molecule has 0 aliphatic heterocycles. The summed E-state index contributed by atoms with van der Waals surface area (Å²) in [4.78, 5) is 23.0. The third-order valence-electron chi connectivity index (χ3n) is 4.97. The van der Waals surface area contributed by atoms with Crippen molar-refractivity contribution in [3.63, 3.8) is 0 Å². The van der Waals surface area contributed by atoms with Gasteiger partial charge in [0, 0.05) is 41.7 Å². The Balaban J connectivity index is 1.58. The second-order valence-corrected chi connectivity index (χ2v) is 7.02. The van der Waals surface area contributed by atoms with Crippen molar-refractivity contribution < 1.29 is 9.59 Å². The highest BCUT2D eigenvalue weighted by molar-refractivity contribution is 5.99. The normalized spacial score (nSPS) is 15.4. The number of nitrogens with zero attached hydrogens (tertiary/aromatic N) is 2. The van der Waals surface area contributed by atoms with Gasteiger partial charge in [-0.05, 0) is 18.9 Å². The minimum absolute atomic E-state index is 0.144. The fraction of sp³-hybridized carbons (Fsp3) is 0.450. The Kier molecular flexibility index (Phi) is 6.59. The summed E-state index contributed by atoms with van der Waals surface area (Å²) in [5.41, 5.74) is 9.72. The van der Waals surface area contributed by atoms with Gasteiger partial charge < -0.3 is 15.6 Å².